The topological polar surface area (TPSA) is 192 Å². The third-order valence-electron chi connectivity index (χ3n) is 9.77. The monoisotopic (exact) mass is 801 g/mol. The van der Waals surface area contributed by atoms with Crippen molar-refractivity contribution in [1.82, 2.24) is 41.1 Å². The minimum absolute atomic E-state index is 0.000958. The van der Waals surface area contributed by atoms with Gasteiger partial charge in [-0.25, -0.2) is 23.9 Å². The Balaban J connectivity index is 1.28. The first-order chi connectivity index (χ1) is 27.1. The summed E-state index contributed by atoms with van der Waals surface area (Å²) in [5.74, 6) is -1.17. The third kappa shape index (κ3) is 11.0. The molecular weight excluding hydrogens is 754 g/mol. The number of urea groups is 1. The largest absolute Gasteiger partial charge is 0.523 e. The average molecular weight is 802 g/mol. The Hall–Kier alpha value is -5.72. The molecule has 5 rings (SSSR count). The average Bonchev–Trinajstić information content (AvgIpc) is 3.87. The van der Waals surface area contributed by atoms with E-state index in [1.165, 1.54) is 32.5 Å². The number of halogens is 4. The fraction of sp³-hybridized carbons (Fsp3) is 0.474. The maximum Gasteiger partial charge on any atom is 0.523 e. The predicted molar refractivity (Wildman–Crippen MR) is 201 cm³/mol. The molecule has 1 fully saturated rings. The molecule has 3 aliphatic rings. The van der Waals surface area contributed by atoms with Crippen molar-refractivity contribution in [3.63, 3.8) is 0 Å². The summed E-state index contributed by atoms with van der Waals surface area (Å²) in [6.07, 6.45) is 1.21. The number of carbonyl (C=O) groups is 4. The molecule has 0 bridgehead atoms. The molecule has 4 unspecified atom stereocenters. The number of nitrogens with one attached hydrogen (secondary N) is 6. The van der Waals surface area contributed by atoms with Crippen molar-refractivity contribution in [3.05, 3.63) is 82.5 Å². The summed E-state index contributed by atoms with van der Waals surface area (Å²) in [5, 5.41) is 13.1. The molecule has 2 aliphatic carbocycles. The second-order valence-corrected chi connectivity index (χ2v) is 14.2. The molecule has 2 aromatic rings. The molecule has 1 aliphatic heterocycles. The van der Waals surface area contributed by atoms with Crippen LogP contribution in [0.2, 0.25) is 0 Å². The number of alkyl carbamates (subject to hydrolysis) is 1. The highest BCUT2D eigenvalue weighted by Crippen LogP contribution is 2.39. The number of aromatic nitrogens is 3. The molecule has 57 heavy (non-hydrogen) atoms. The van der Waals surface area contributed by atoms with E-state index in [9.17, 15) is 32.3 Å². The molecule has 0 radical (unpaired) electrons. The number of methoxy groups -OCH3 is 1. The summed E-state index contributed by atoms with van der Waals surface area (Å²) in [4.78, 5) is 63.6. The number of hydrogen-bond donors (Lipinski definition) is 6. The second kappa shape index (κ2) is 18.5. The molecule has 0 spiro atoms. The molecule has 6 N–H and O–H groups in total. The Morgan fingerprint density at radius 1 is 1.04 bits per heavy atom. The van der Waals surface area contributed by atoms with E-state index < -0.39 is 42.8 Å². The van der Waals surface area contributed by atoms with E-state index in [1.807, 2.05) is 13.8 Å². The van der Waals surface area contributed by atoms with E-state index >= 15 is 4.39 Å². The summed E-state index contributed by atoms with van der Waals surface area (Å²) in [6, 6.07) is 1.18. The zero-order chi connectivity index (χ0) is 41.4. The number of likely N-dealkylation sites (tertiary alicyclic amines) is 1. The van der Waals surface area contributed by atoms with E-state index in [-0.39, 0.29) is 53.2 Å². The van der Waals surface area contributed by atoms with Gasteiger partial charge in [-0.2, -0.15) is 0 Å². The number of rotatable bonds is 13. The van der Waals surface area contributed by atoms with Crippen molar-refractivity contribution in [3.8, 4) is 0 Å². The number of alkyl halides is 3. The molecule has 2 aromatic heterocycles. The van der Waals surface area contributed by atoms with Gasteiger partial charge in [0.1, 0.15) is 23.5 Å². The standard InChI is InChI=1S/C38H47F4N9O6/c1-20(2)32(50-37(55)56-5)35(53)51-14-6-7-29(51)33-46-19-28(48-33)23-10-8-22(9-11-23)25-15-26(39)27(16-30(25)57-38(40,41)42)49-34(52)24-12-13-31(45-18-24)44-17-21(3)47-36(54)43-4/h8,10,12-13,15,18-21,29-30,32H,6-7,9,11,14,16-17H2,1-5H3,(H,44,45)(H,46,48)(H,49,52)(H,50,55)(H2,43,47,54). The number of H-pyrrole nitrogens is 1. The van der Waals surface area contributed by atoms with Gasteiger partial charge in [0.05, 0.1) is 42.4 Å². The van der Waals surface area contributed by atoms with Gasteiger partial charge in [-0.3, -0.25) is 14.3 Å². The van der Waals surface area contributed by atoms with E-state index in [0.29, 0.717) is 48.8 Å². The van der Waals surface area contributed by atoms with Crippen LogP contribution < -0.4 is 26.6 Å². The van der Waals surface area contributed by atoms with Gasteiger partial charge < -0.3 is 41.2 Å². The number of hydrogen-bond acceptors (Lipinski definition) is 9. The van der Waals surface area contributed by atoms with Crippen LogP contribution in [0.4, 0.5) is 33.0 Å². The molecule has 3 heterocycles. The lowest BCUT2D eigenvalue weighted by Gasteiger charge is -2.30. The highest BCUT2D eigenvalue weighted by Gasteiger charge is 2.40. The number of nitrogens with zero attached hydrogens (tertiary/aromatic N) is 3. The minimum Gasteiger partial charge on any atom is -0.453 e. The smallest absolute Gasteiger partial charge is 0.453 e. The number of pyridine rings is 1. The number of imidazole rings is 1. The van der Waals surface area contributed by atoms with Crippen molar-refractivity contribution in [2.45, 2.75) is 83.5 Å². The van der Waals surface area contributed by atoms with Crippen LogP contribution >= 0.6 is 0 Å². The van der Waals surface area contributed by atoms with Gasteiger partial charge in [-0.05, 0) is 73.5 Å². The van der Waals surface area contributed by atoms with Crippen LogP contribution in [0.5, 0.6) is 0 Å². The number of anilines is 1. The van der Waals surface area contributed by atoms with Crippen LogP contribution in [0.3, 0.4) is 0 Å². The summed E-state index contributed by atoms with van der Waals surface area (Å²) >= 11 is 0. The minimum atomic E-state index is -5.05. The van der Waals surface area contributed by atoms with Crippen molar-refractivity contribution < 1.29 is 46.2 Å². The highest BCUT2D eigenvalue weighted by molar-refractivity contribution is 5.95. The molecule has 5 amide bonds. The Morgan fingerprint density at radius 3 is 2.40 bits per heavy atom. The molecular formula is C38H47F4N9O6. The zero-order valence-corrected chi connectivity index (χ0v) is 32.2. The summed E-state index contributed by atoms with van der Waals surface area (Å²) in [5.41, 5.74) is 1.58. The van der Waals surface area contributed by atoms with Crippen LogP contribution in [-0.2, 0) is 14.3 Å². The quantitative estimate of drug-likeness (QED) is 0.142. The highest BCUT2D eigenvalue weighted by atomic mass is 19.4. The van der Waals surface area contributed by atoms with Crippen LogP contribution in [-0.4, -0.2) is 95.6 Å². The zero-order valence-electron chi connectivity index (χ0n) is 32.2. The molecule has 0 aromatic carbocycles. The van der Waals surface area contributed by atoms with E-state index in [1.54, 1.807) is 30.2 Å². The first kappa shape index (κ1) is 42.4. The van der Waals surface area contributed by atoms with Gasteiger partial charge in [0, 0.05) is 38.8 Å². The van der Waals surface area contributed by atoms with Gasteiger partial charge in [0.2, 0.25) is 5.91 Å². The number of aromatic amines is 1. The van der Waals surface area contributed by atoms with E-state index in [4.69, 9.17) is 4.74 Å². The van der Waals surface area contributed by atoms with E-state index in [0.717, 1.165) is 18.1 Å². The van der Waals surface area contributed by atoms with Crippen molar-refractivity contribution >= 4 is 35.3 Å². The van der Waals surface area contributed by atoms with Gasteiger partial charge in [-0.15, -0.1) is 13.2 Å². The Morgan fingerprint density at radius 2 is 1.77 bits per heavy atom. The third-order valence-corrected chi connectivity index (χ3v) is 9.77. The Bertz CT molecular complexity index is 1940. The number of carbonyl (C=O) groups excluding carboxylic acids is 4. The fourth-order valence-corrected chi connectivity index (χ4v) is 6.80. The molecule has 4 atom stereocenters. The lowest BCUT2D eigenvalue weighted by Crippen LogP contribution is -2.51. The Labute approximate surface area is 326 Å². The van der Waals surface area contributed by atoms with E-state index in [2.05, 4.69) is 46.3 Å². The summed E-state index contributed by atoms with van der Waals surface area (Å²) in [6.45, 7) is 6.24. The summed E-state index contributed by atoms with van der Waals surface area (Å²) in [7, 11) is 2.72. The molecule has 0 saturated carbocycles. The normalized spacial score (nSPS) is 19.5. The molecule has 15 nitrogen and oxygen atoms in total. The van der Waals surface area contributed by atoms with Crippen LogP contribution in [0.15, 0.2) is 65.4 Å². The summed E-state index contributed by atoms with van der Waals surface area (Å²) < 4.78 is 65.6. The van der Waals surface area contributed by atoms with Crippen LogP contribution in [0, 0.1) is 5.92 Å². The molecule has 1 saturated heterocycles. The lowest BCUT2D eigenvalue weighted by molar-refractivity contribution is -0.337. The number of amides is 5. The first-order valence-corrected chi connectivity index (χ1v) is 18.5. The van der Waals surface area contributed by atoms with Crippen LogP contribution in [0.25, 0.3) is 5.57 Å². The maximum absolute atomic E-state index is 15.5. The van der Waals surface area contributed by atoms with Gasteiger partial charge in [0.25, 0.3) is 5.91 Å². The fourth-order valence-electron chi connectivity index (χ4n) is 6.80. The first-order valence-electron chi connectivity index (χ1n) is 18.5. The van der Waals surface area contributed by atoms with Crippen molar-refractivity contribution in [2.24, 2.45) is 5.92 Å². The predicted octanol–water partition coefficient (Wildman–Crippen LogP) is 5.53. The van der Waals surface area contributed by atoms with Gasteiger partial charge in [0.15, 0.2) is 0 Å². The SMILES string of the molecule is CNC(=O)NC(C)CNc1ccc(C(=O)NC2=C(F)C=C(C3=CC=C(c4cnc(C5CCCN5C(=O)C(NC(=O)OC)C(C)C)[nH]4)CC3)C(OC(F)(F)F)C2)cn1. The lowest BCUT2D eigenvalue weighted by atomic mass is 9.86. The van der Waals surface area contributed by atoms with Crippen molar-refractivity contribution in [1.29, 1.82) is 0 Å². The van der Waals surface area contributed by atoms with Crippen LogP contribution in [0.1, 0.15) is 80.8 Å². The Kier molecular flexibility index (Phi) is 13.8. The molecule has 308 valence electrons. The molecule has 19 heteroatoms. The van der Waals surface area contributed by atoms with Gasteiger partial charge in [-0.1, -0.05) is 26.0 Å². The van der Waals surface area contributed by atoms with Gasteiger partial charge >= 0.3 is 18.5 Å². The number of allylic oxidation sites excluding steroid dienone is 5. The number of ether oxygens (including phenoxy) is 2. The maximum atomic E-state index is 15.5. The second-order valence-electron chi connectivity index (χ2n) is 14.2. The van der Waals surface area contributed by atoms with Crippen molar-refractivity contribution in [2.75, 3.05) is 32.6 Å².